The van der Waals surface area contributed by atoms with Crippen LogP contribution in [0.1, 0.15) is 22.2 Å². The van der Waals surface area contributed by atoms with Crippen LogP contribution in [0.4, 0.5) is 4.39 Å². The van der Waals surface area contributed by atoms with Gasteiger partial charge in [0.2, 0.25) is 0 Å². The van der Waals surface area contributed by atoms with Crippen LogP contribution in [0, 0.1) is 5.82 Å². The lowest BCUT2D eigenvalue weighted by Crippen LogP contribution is -2.24. The summed E-state index contributed by atoms with van der Waals surface area (Å²) in [5, 5.41) is 9.54. The van der Waals surface area contributed by atoms with E-state index in [2.05, 4.69) is 10.4 Å². The highest BCUT2D eigenvalue weighted by molar-refractivity contribution is 7.12. The van der Waals surface area contributed by atoms with E-state index in [0.717, 1.165) is 16.8 Å². The number of halogens is 2. The molecule has 0 bridgehead atoms. The normalized spacial score (nSPS) is 10.8. The minimum atomic E-state index is -0.267. The Balaban J connectivity index is 1.64. The lowest BCUT2D eigenvalue weighted by Gasteiger charge is -2.04. The van der Waals surface area contributed by atoms with E-state index in [-0.39, 0.29) is 11.7 Å². The number of aryl methyl sites for hydroxylation is 1. The molecule has 0 unspecified atom stereocenters. The SMILES string of the molecule is CCn1ncc(Cl)c1-c1csc(C(=O)NCCc2cccc(F)c2)c1. The fraction of sp³-hybridized carbons (Fsp3) is 0.222. The summed E-state index contributed by atoms with van der Waals surface area (Å²) in [5.41, 5.74) is 2.55. The third kappa shape index (κ3) is 4.08. The summed E-state index contributed by atoms with van der Waals surface area (Å²) in [6, 6.07) is 8.20. The molecule has 0 aliphatic carbocycles. The third-order valence-electron chi connectivity index (χ3n) is 3.78. The molecular weight excluding hydrogens is 361 g/mol. The van der Waals surface area contributed by atoms with Gasteiger partial charge in [-0.05, 0) is 37.1 Å². The van der Waals surface area contributed by atoms with Crippen LogP contribution in [0.15, 0.2) is 41.9 Å². The Kier molecular flexibility index (Phi) is 5.50. The standard InChI is InChI=1S/C18H17ClFN3OS/c1-2-23-17(15(19)10-22-23)13-9-16(25-11-13)18(24)21-7-6-12-4-3-5-14(20)8-12/h3-5,8-11H,2,6-7H2,1H3,(H,21,24). The molecule has 130 valence electrons. The molecule has 2 aromatic heterocycles. The molecule has 1 aromatic carbocycles. The maximum atomic E-state index is 13.1. The molecule has 1 amide bonds. The van der Waals surface area contributed by atoms with Gasteiger partial charge in [-0.15, -0.1) is 11.3 Å². The molecule has 25 heavy (non-hydrogen) atoms. The van der Waals surface area contributed by atoms with Crippen molar-refractivity contribution in [2.45, 2.75) is 19.9 Å². The molecule has 0 aliphatic rings. The zero-order valence-corrected chi connectivity index (χ0v) is 15.2. The van der Waals surface area contributed by atoms with Crippen LogP contribution < -0.4 is 5.32 Å². The highest BCUT2D eigenvalue weighted by Gasteiger charge is 2.15. The van der Waals surface area contributed by atoms with E-state index in [1.54, 1.807) is 16.9 Å². The van der Waals surface area contributed by atoms with Gasteiger partial charge in [0.25, 0.3) is 5.91 Å². The maximum Gasteiger partial charge on any atom is 0.261 e. The van der Waals surface area contributed by atoms with Crippen molar-refractivity contribution in [2.24, 2.45) is 0 Å². The van der Waals surface area contributed by atoms with Crippen molar-refractivity contribution in [3.8, 4) is 11.3 Å². The first-order valence-corrected chi connectivity index (χ1v) is 9.17. The molecular formula is C18H17ClFN3OS. The molecule has 0 aliphatic heterocycles. The summed E-state index contributed by atoms with van der Waals surface area (Å²) in [4.78, 5) is 12.9. The van der Waals surface area contributed by atoms with Crippen LogP contribution >= 0.6 is 22.9 Å². The van der Waals surface area contributed by atoms with Gasteiger partial charge in [-0.2, -0.15) is 5.10 Å². The zero-order chi connectivity index (χ0) is 17.8. The number of thiophene rings is 1. The lowest BCUT2D eigenvalue weighted by atomic mass is 10.1. The van der Waals surface area contributed by atoms with E-state index < -0.39 is 0 Å². The van der Waals surface area contributed by atoms with Crippen molar-refractivity contribution in [2.75, 3.05) is 6.54 Å². The summed E-state index contributed by atoms with van der Waals surface area (Å²) < 4.78 is 14.9. The molecule has 0 saturated carbocycles. The summed E-state index contributed by atoms with van der Waals surface area (Å²) in [6.07, 6.45) is 2.19. The largest absolute Gasteiger partial charge is 0.351 e. The number of benzene rings is 1. The highest BCUT2D eigenvalue weighted by Crippen LogP contribution is 2.31. The minimum absolute atomic E-state index is 0.147. The van der Waals surface area contributed by atoms with E-state index in [1.165, 1.54) is 23.5 Å². The Hall–Kier alpha value is -2.18. The van der Waals surface area contributed by atoms with Crippen LogP contribution in [0.3, 0.4) is 0 Å². The van der Waals surface area contributed by atoms with Crippen LogP contribution in [-0.2, 0) is 13.0 Å². The quantitative estimate of drug-likeness (QED) is 0.692. The molecule has 0 radical (unpaired) electrons. The first-order chi connectivity index (χ1) is 12.1. The van der Waals surface area contributed by atoms with Crippen molar-refractivity contribution in [1.29, 1.82) is 0 Å². The van der Waals surface area contributed by atoms with Gasteiger partial charge in [-0.3, -0.25) is 9.48 Å². The Morgan fingerprint density at radius 2 is 2.24 bits per heavy atom. The molecule has 0 fully saturated rings. The Morgan fingerprint density at radius 3 is 3.00 bits per heavy atom. The number of nitrogens with zero attached hydrogens (tertiary/aromatic N) is 2. The zero-order valence-electron chi connectivity index (χ0n) is 13.6. The predicted molar refractivity (Wildman–Crippen MR) is 98.7 cm³/mol. The fourth-order valence-corrected chi connectivity index (χ4v) is 3.63. The summed E-state index contributed by atoms with van der Waals surface area (Å²) in [5.74, 6) is -0.414. The Morgan fingerprint density at radius 1 is 1.40 bits per heavy atom. The molecule has 0 atom stereocenters. The number of hydrogen-bond donors (Lipinski definition) is 1. The van der Waals surface area contributed by atoms with Crippen molar-refractivity contribution in [3.05, 3.63) is 63.2 Å². The number of hydrogen-bond acceptors (Lipinski definition) is 3. The predicted octanol–water partition coefficient (Wildman–Crippen LogP) is 4.40. The molecule has 4 nitrogen and oxygen atoms in total. The first-order valence-electron chi connectivity index (χ1n) is 7.91. The van der Waals surface area contributed by atoms with E-state index in [9.17, 15) is 9.18 Å². The molecule has 7 heteroatoms. The van der Waals surface area contributed by atoms with Gasteiger partial charge in [0.05, 0.1) is 21.8 Å². The number of aromatic nitrogens is 2. The maximum absolute atomic E-state index is 13.1. The van der Waals surface area contributed by atoms with E-state index in [1.807, 2.05) is 24.4 Å². The Labute approximate surface area is 154 Å². The van der Waals surface area contributed by atoms with Gasteiger partial charge in [-0.25, -0.2) is 4.39 Å². The van der Waals surface area contributed by atoms with Crippen LogP contribution in [0.2, 0.25) is 5.02 Å². The van der Waals surface area contributed by atoms with Crippen molar-refractivity contribution in [1.82, 2.24) is 15.1 Å². The average molecular weight is 378 g/mol. The van der Waals surface area contributed by atoms with Crippen molar-refractivity contribution < 1.29 is 9.18 Å². The van der Waals surface area contributed by atoms with Gasteiger partial charge in [0, 0.05) is 24.0 Å². The van der Waals surface area contributed by atoms with Crippen molar-refractivity contribution in [3.63, 3.8) is 0 Å². The lowest BCUT2D eigenvalue weighted by molar-refractivity contribution is 0.0958. The summed E-state index contributed by atoms with van der Waals surface area (Å²) >= 11 is 7.56. The summed E-state index contributed by atoms with van der Waals surface area (Å²) in [7, 11) is 0. The van der Waals surface area contributed by atoms with Gasteiger partial charge >= 0.3 is 0 Å². The number of amides is 1. The second-order valence-corrected chi connectivity index (χ2v) is 6.81. The van der Waals surface area contributed by atoms with Crippen LogP contribution in [0.25, 0.3) is 11.3 Å². The first kappa shape index (κ1) is 17.6. The smallest absolute Gasteiger partial charge is 0.261 e. The van der Waals surface area contributed by atoms with Crippen LogP contribution in [-0.4, -0.2) is 22.2 Å². The van der Waals surface area contributed by atoms with E-state index in [4.69, 9.17) is 11.6 Å². The van der Waals surface area contributed by atoms with Crippen molar-refractivity contribution >= 4 is 28.8 Å². The van der Waals surface area contributed by atoms with Gasteiger partial charge < -0.3 is 5.32 Å². The molecule has 0 saturated heterocycles. The van der Waals surface area contributed by atoms with Gasteiger partial charge in [-0.1, -0.05) is 23.7 Å². The molecule has 3 aromatic rings. The van der Waals surface area contributed by atoms with E-state index >= 15 is 0 Å². The monoisotopic (exact) mass is 377 g/mol. The highest BCUT2D eigenvalue weighted by atomic mass is 35.5. The average Bonchev–Trinajstić information content (AvgIpc) is 3.21. The minimum Gasteiger partial charge on any atom is -0.351 e. The van der Waals surface area contributed by atoms with Crippen LogP contribution in [0.5, 0.6) is 0 Å². The number of carbonyl (C=O) groups excluding carboxylic acids is 1. The second kappa shape index (κ2) is 7.80. The van der Waals surface area contributed by atoms with Gasteiger partial charge in [0.15, 0.2) is 0 Å². The van der Waals surface area contributed by atoms with E-state index in [0.29, 0.717) is 29.4 Å². The van der Waals surface area contributed by atoms with Gasteiger partial charge in [0.1, 0.15) is 5.82 Å². The third-order valence-corrected chi connectivity index (χ3v) is 4.98. The topological polar surface area (TPSA) is 46.9 Å². The Bertz CT molecular complexity index is 890. The second-order valence-electron chi connectivity index (χ2n) is 5.49. The molecule has 0 spiro atoms. The number of carbonyl (C=O) groups is 1. The number of rotatable bonds is 6. The molecule has 3 rings (SSSR count). The molecule has 1 N–H and O–H groups in total. The fourth-order valence-electron chi connectivity index (χ4n) is 2.57. The number of nitrogens with one attached hydrogen (secondary N) is 1. The molecule has 2 heterocycles. The summed E-state index contributed by atoms with van der Waals surface area (Å²) in [6.45, 7) is 3.13.